The summed E-state index contributed by atoms with van der Waals surface area (Å²) in [7, 11) is 0. The van der Waals surface area contributed by atoms with Gasteiger partial charge in [0.15, 0.2) is 5.82 Å². The van der Waals surface area contributed by atoms with Gasteiger partial charge in [-0.3, -0.25) is 4.79 Å². The number of hydrogen-bond donors (Lipinski definition) is 2. The van der Waals surface area contributed by atoms with Gasteiger partial charge in [0, 0.05) is 19.4 Å². The number of amides is 1. The summed E-state index contributed by atoms with van der Waals surface area (Å²) in [6, 6.07) is 11.9. The highest BCUT2D eigenvalue weighted by molar-refractivity contribution is 5.95. The van der Waals surface area contributed by atoms with E-state index in [1.165, 1.54) is 5.56 Å². The fourth-order valence-electron chi connectivity index (χ4n) is 3.01. The highest BCUT2D eigenvalue weighted by Crippen LogP contribution is 2.11. The van der Waals surface area contributed by atoms with Crippen LogP contribution in [0.5, 0.6) is 0 Å². The quantitative estimate of drug-likeness (QED) is 0.548. The molecule has 0 atom stereocenters. The van der Waals surface area contributed by atoms with Crippen LogP contribution in [-0.2, 0) is 19.3 Å². The van der Waals surface area contributed by atoms with E-state index in [4.69, 9.17) is 4.42 Å². The molecule has 0 saturated heterocycles. The maximum absolute atomic E-state index is 12.3. The number of H-pyrrole nitrogens is 1. The van der Waals surface area contributed by atoms with E-state index in [0.29, 0.717) is 43.0 Å². The van der Waals surface area contributed by atoms with Crippen molar-refractivity contribution >= 4 is 5.91 Å². The summed E-state index contributed by atoms with van der Waals surface area (Å²) in [4.78, 5) is 24.6. The standard InChI is InChI=1S/C20H23N5O3/c1-14-13-16(10-5-9-15-7-3-2-4-8-15)28-20(27)18(14)19(26)21-12-6-11-17-22-24-25-23-17/h2-4,7-8,13H,5-6,9-12H2,1H3,(H,21,26)(H,22,23,24,25). The number of aromatic nitrogens is 4. The van der Waals surface area contributed by atoms with Crippen LogP contribution in [0.2, 0.25) is 0 Å². The molecule has 0 aliphatic heterocycles. The van der Waals surface area contributed by atoms with Gasteiger partial charge in [0.05, 0.1) is 0 Å². The molecule has 0 aliphatic carbocycles. The van der Waals surface area contributed by atoms with E-state index in [2.05, 4.69) is 38.1 Å². The van der Waals surface area contributed by atoms with E-state index in [1.54, 1.807) is 13.0 Å². The molecular weight excluding hydrogens is 358 g/mol. The molecule has 146 valence electrons. The van der Waals surface area contributed by atoms with Crippen molar-refractivity contribution in [1.82, 2.24) is 25.9 Å². The molecule has 3 rings (SSSR count). The van der Waals surface area contributed by atoms with Gasteiger partial charge in [-0.2, -0.15) is 5.21 Å². The number of carbonyl (C=O) groups excluding carboxylic acids is 1. The fourth-order valence-corrected chi connectivity index (χ4v) is 3.01. The molecule has 2 N–H and O–H groups in total. The molecule has 8 heteroatoms. The molecule has 8 nitrogen and oxygen atoms in total. The zero-order valence-electron chi connectivity index (χ0n) is 15.8. The number of rotatable bonds is 9. The normalized spacial score (nSPS) is 10.8. The smallest absolute Gasteiger partial charge is 0.349 e. The van der Waals surface area contributed by atoms with Crippen molar-refractivity contribution in [1.29, 1.82) is 0 Å². The van der Waals surface area contributed by atoms with Gasteiger partial charge in [-0.05, 0) is 43.4 Å². The van der Waals surface area contributed by atoms with Crippen LogP contribution in [0, 0.1) is 6.92 Å². The van der Waals surface area contributed by atoms with Gasteiger partial charge in [0.25, 0.3) is 5.91 Å². The molecule has 1 amide bonds. The summed E-state index contributed by atoms with van der Waals surface area (Å²) >= 11 is 0. The molecule has 0 unspecified atom stereocenters. The highest BCUT2D eigenvalue weighted by atomic mass is 16.4. The van der Waals surface area contributed by atoms with Crippen LogP contribution in [0.15, 0.2) is 45.6 Å². The van der Waals surface area contributed by atoms with Crippen LogP contribution in [0.4, 0.5) is 0 Å². The average molecular weight is 381 g/mol. The average Bonchev–Trinajstić information content (AvgIpc) is 3.19. The topological polar surface area (TPSA) is 114 Å². The van der Waals surface area contributed by atoms with Crippen molar-refractivity contribution in [2.45, 2.75) is 39.0 Å². The second-order valence-corrected chi connectivity index (χ2v) is 6.58. The predicted molar refractivity (Wildman–Crippen MR) is 103 cm³/mol. The zero-order chi connectivity index (χ0) is 19.8. The van der Waals surface area contributed by atoms with Crippen LogP contribution >= 0.6 is 0 Å². The number of hydrogen-bond acceptors (Lipinski definition) is 6. The summed E-state index contributed by atoms with van der Waals surface area (Å²) in [5.41, 5.74) is 1.34. The van der Waals surface area contributed by atoms with Crippen LogP contribution in [0.3, 0.4) is 0 Å². The molecule has 0 spiro atoms. The lowest BCUT2D eigenvalue weighted by Gasteiger charge is -2.08. The van der Waals surface area contributed by atoms with E-state index in [0.717, 1.165) is 12.8 Å². The summed E-state index contributed by atoms with van der Waals surface area (Å²) in [6.07, 6.45) is 3.66. The number of nitrogens with one attached hydrogen (secondary N) is 2. The Balaban J connectivity index is 1.52. The minimum atomic E-state index is -0.592. The number of nitrogens with zero attached hydrogens (tertiary/aromatic N) is 3. The Bertz CT molecular complexity index is 952. The highest BCUT2D eigenvalue weighted by Gasteiger charge is 2.16. The molecule has 0 saturated carbocycles. The Kier molecular flexibility index (Phi) is 6.67. The number of aromatic amines is 1. The first-order valence-electron chi connectivity index (χ1n) is 9.31. The third kappa shape index (κ3) is 5.35. The second-order valence-electron chi connectivity index (χ2n) is 6.58. The van der Waals surface area contributed by atoms with E-state index >= 15 is 0 Å². The number of carbonyl (C=O) groups is 1. The largest absolute Gasteiger partial charge is 0.427 e. The molecular formula is C20H23N5O3. The molecule has 2 heterocycles. The zero-order valence-corrected chi connectivity index (χ0v) is 15.8. The minimum absolute atomic E-state index is 0.0615. The maximum atomic E-state index is 12.3. The lowest BCUT2D eigenvalue weighted by molar-refractivity contribution is 0.0948. The first-order chi connectivity index (χ1) is 13.6. The van der Waals surface area contributed by atoms with E-state index in [9.17, 15) is 9.59 Å². The van der Waals surface area contributed by atoms with E-state index < -0.39 is 11.5 Å². The van der Waals surface area contributed by atoms with Crippen LogP contribution in [-0.4, -0.2) is 33.1 Å². The molecule has 0 aliphatic rings. The van der Waals surface area contributed by atoms with Crippen molar-refractivity contribution in [2.24, 2.45) is 0 Å². The first-order valence-corrected chi connectivity index (χ1v) is 9.31. The first kappa shape index (κ1) is 19.5. The SMILES string of the molecule is Cc1cc(CCCc2ccccc2)oc(=O)c1C(=O)NCCCc1nn[nH]n1. The number of tetrazole rings is 1. The van der Waals surface area contributed by atoms with Crippen LogP contribution < -0.4 is 10.9 Å². The summed E-state index contributed by atoms with van der Waals surface area (Å²) in [5, 5.41) is 16.3. The van der Waals surface area contributed by atoms with E-state index in [1.807, 2.05) is 18.2 Å². The Labute approximate surface area is 162 Å². The molecule has 3 aromatic rings. The van der Waals surface area contributed by atoms with Gasteiger partial charge >= 0.3 is 5.63 Å². The van der Waals surface area contributed by atoms with Crippen molar-refractivity contribution < 1.29 is 9.21 Å². The minimum Gasteiger partial charge on any atom is -0.427 e. The van der Waals surface area contributed by atoms with Crippen molar-refractivity contribution in [2.75, 3.05) is 6.54 Å². The Morgan fingerprint density at radius 2 is 1.96 bits per heavy atom. The van der Waals surface area contributed by atoms with Crippen molar-refractivity contribution in [3.8, 4) is 0 Å². The molecule has 0 radical (unpaired) electrons. The lowest BCUT2D eigenvalue weighted by atomic mass is 10.1. The maximum Gasteiger partial charge on any atom is 0.349 e. The molecule has 0 fully saturated rings. The lowest BCUT2D eigenvalue weighted by Crippen LogP contribution is -2.30. The van der Waals surface area contributed by atoms with E-state index in [-0.39, 0.29) is 5.56 Å². The van der Waals surface area contributed by atoms with Crippen LogP contribution in [0.1, 0.15) is 45.9 Å². The van der Waals surface area contributed by atoms with Gasteiger partial charge in [-0.1, -0.05) is 35.5 Å². The third-order valence-corrected chi connectivity index (χ3v) is 4.41. The van der Waals surface area contributed by atoms with Crippen LogP contribution in [0.25, 0.3) is 0 Å². The fraction of sp³-hybridized carbons (Fsp3) is 0.350. The Morgan fingerprint density at radius 1 is 1.14 bits per heavy atom. The van der Waals surface area contributed by atoms with Gasteiger partial charge < -0.3 is 9.73 Å². The summed E-state index contributed by atoms with van der Waals surface area (Å²) in [6.45, 7) is 2.16. The molecule has 1 aromatic carbocycles. The summed E-state index contributed by atoms with van der Waals surface area (Å²) in [5.74, 6) is 0.770. The van der Waals surface area contributed by atoms with Gasteiger partial charge in [-0.25, -0.2) is 4.79 Å². The molecule has 0 bridgehead atoms. The monoisotopic (exact) mass is 381 g/mol. The predicted octanol–water partition coefficient (Wildman–Crippen LogP) is 2.00. The third-order valence-electron chi connectivity index (χ3n) is 4.41. The Morgan fingerprint density at radius 3 is 2.68 bits per heavy atom. The number of aryl methyl sites for hydroxylation is 4. The van der Waals surface area contributed by atoms with Crippen molar-refractivity contribution in [3.05, 3.63) is 75.1 Å². The summed E-state index contributed by atoms with van der Waals surface area (Å²) < 4.78 is 5.36. The van der Waals surface area contributed by atoms with Crippen molar-refractivity contribution in [3.63, 3.8) is 0 Å². The molecule has 2 aromatic heterocycles. The number of benzene rings is 1. The second kappa shape index (κ2) is 9.59. The molecule has 28 heavy (non-hydrogen) atoms. The van der Waals surface area contributed by atoms with Gasteiger partial charge in [-0.15, -0.1) is 10.2 Å². The van der Waals surface area contributed by atoms with Gasteiger partial charge in [0.1, 0.15) is 11.3 Å². The Hall–Kier alpha value is -3.29. The van der Waals surface area contributed by atoms with Gasteiger partial charge in [0.2, 0.25) is 0 Å².